The van der Waals surface area contributed by atoms with E-state index in [2.05, 4.69) is 0 Å². The van der Waals surface area contributed by atoms with Crippen LogP contribution in [-0.2, 0) is 22.5 Å². The Labute approximate surface area is 98.4 Å². The predicted molar refractivity (Wildman–Crippen MR) is 61.6 cm³/mol. The number of aldehydes is 1. The number of aromatic nitrogens is 1. The second kappa shape index (κ2) is 4.93. The zero-order valence-corrected chi connectivity index (χ0v) is 10.2. The standard InChI is InChI=1S/C11H16N2O2S/c1-8-10(4-5-14)16-11(12)13(8)7-9-3-2-6-15-9/h5,9,12H,2-4,6-7H2,1H3. The molecule has 1 N–H and O–H groups in total. The Bertz CT molecular complexity index is 430. The summed E-state index contributed by atoms with van der Waals surface area (Å²) in [7, 11) is 0. The van der Waals surface area contributed by atoms with E-state index in [-0.39, 0.29) is 6.10 Å². The number of carbonyl (C=O) groups excluding carboxylic acids is 1. The van der Waals surface area contributed by atoms with Crippen molar-refractivity contribution in [1.82, 2.24) is 4.57 Å². The topological polar surface area (TPSA) is 55.1 Å². The highest BCUT2D eigenvalue weighted by atomic mass is 32.1. The second-order valence-electron chi connectivity index (χ2n) is 4.03. The Balaban J connectivity index is 2.19. The van der Waals surface area contributed by atoms with E-state index in [4.69, 9.17) is 10.1 Å². The Morgan fingerprint density at radius 2 is 2.50 bits per heavy atom. The fourth-order valence-corrected chi connectivity index (χ4v) is 2.99. The summed E-state index contributed by atoms with van der Waals surface area (Å²) in [5, 5.41) is 7.88. The van der Waals surface area contributed by atoms with Gasteiger partial charge in [-0.1, -0.05) is 0 Å². The number of ether oxygens (including phenoxy) is 1. The Morgan fingerprint density at radius 3 is 3.12 bits per heavy atom. The van der Waals surface area contributed by atoms with E-state index >= 15 is 0 Å². The van der Waals surface area contributed by atoms with Gasteiger partial charge in [0.2, 0.25) is 0 Å². The zero-order valence-electron chi connectivity index (χ0n) is 9.36. The van der Waals surface area contributed by atoms with Crippen LogP contribution in [0, 0.1) is 12.3 Å². The van der Waals surface area contributed by atoms with E-state index < -0.39 is 0 Å². The van der Waals surface area contributed by atoms with Crippen LogP contribution in [0.25, 0.3) is 0 Å². The van der Waals surface area contributed by atoms with Gasteiger partial charge in [0.05, 0.1) is 12.6 Å². The van der Waals surface area contributed by atoms with Gasteiger partial charge in [0, 0.05) is 23.6 Å². The molecule has 1 aliphatic heterocycles. The van der Waals surface area contributed by atoms with Crippen LogP contribution in [0.3, 0.4) is 0 Å². The third-order valence-corrected chi connectivity index (χ3v) is 4.07. The maximum atomic E-state index is 10.5. The van der Waals surface area contributed by atoms with E-state index in [9.17, 15) is 4.79 Å². The van der Waals surface area contributed by atoms with Gasteiger partial charge in [-0.3, -0.25) is 5.41 Å². The van der Waals surface area contributed by atoms with Crippen molar-refractivity contribution in [3.8, 4) is 0 Å². The summed E-state index contributed by atoms with van der Waals surface area (Å²) in [6, 6.07) is 0. The minimum atomic E-state index is 0.242. The van der Waals surface area contributed by atoms with Crippen LogP contribution >= 0.6 is 11.3 Å². The second-order valence-corrected chi connectivity index (χ2v) is 5.12. The molecule has 1 aromatic heterocycles. The molecule has 1 fully saturated rings. The highest BCUT2D eigenvalue weighted by Gasteiger charge is 2.18. The molecule has 5 heteroatoms. The molecule has 0 aliphatic carbocycles. The van der Waals surface area contributed by atoms with Crippen LogP contribution in [0.2, 0.25) is 0 Å². The summed E-state index contributed by atoms with van der Waals surface area (Å²) >= 11 is 1.39. The van der Waals surface area contributed by atoms with Gasteiger partial charge in [-0.05, 0) is 19.8 Å². The molecule has 1 aromatic rings. The first-order valence-corrected chi connectivity index (χ1v) is 6.33. The van der Waals surface area contributed by atoms with Gasteiger partial charge in [-0.25, -0.2) is 0 Å². The average Bonchev–Trinajstić information content (AvgIpc) is 2.84. The number of thiazole rings is 1. The number of rotatable bonds is 4. The third kappa shape index (κ3) is 2.25. The monoisotopic (exact) mass is 240 g/mol. The minimum Gasteiger partial charge on any atom is -0.376 e. The van der Waals surface area contributed by atoms with Crippen LogP contribution in [-0.4, -0.2) is 23.6 Å². The number of carbonyl (C=O) groups is 1. The van der Waals surface area contributed by atoms with E-state index in [1.807, 2.05) is 11.5 Å². The molecular formula is C11H16N2O2S. The SMILES string of the molecule is Cc1c(CC=O)sc(=N)n1CC1CCCO1. The molecule has 2 rings (SSSR count). The lowest BCUT2D eigenvalue weighted by molar-refractivity contribution is -0.107. The van der Waals surface area contributed by atoms with Crippen molar-refractivity contribution in [2.24, 2.45) is 0 Å². The summed E-state index contributed by atoms with van der Waals surface area (Å²) in [5.41, 5.74) is 1.04. The van der Waals surface area contributed by atoms with Crippen molar-refractivity contribution in [1.29, 1.82) is 5.41 Å². The highest BCUT2D eigenvalue weighted by Crippen LogP contribution is 2.17. The van der Waals surface area contributed by atoms with Crippen molar-refractivity contribution >= 4 is 17.6 Å². The summed E-state index contributed by atoms with van der Waals surface area (Å²) in [4.78, 5) is 12.0. The van der Waals surface area contributed by atoms with E-state index in [0.29, 0.717) is 11.2 Å². The maximum Gasteiger partial charge on any atom is 0.182 e. The number of hydrogen-bond acceptors (Lipinski definition) is 4. The molecule has 4 nitrogen and oxygen atoms in total. The smallest absolute Gasteiger partial charge is 0.182 e. The number of hydrogen-bond donors (Lipinski definition) is 1. The van der Waals surface area contributed by atoms with E-state index in [1.54, 1.807) is 0 Å². The summed E-state index contributed by atoms with van der Waals surface area (Å²) < 4.78 is 7.52. The molecule has 1 atom stereocenters. The van der Waals surface area contributed by atoms with Crippen LogP contribution in [0.5, 0.6) is 0 Å². The van der Waals surface area contributed by atoms with E-state index in [0.717, 1.165) is 42.9 Å². The summed E-state index contributed by atoms with van der Waals surface area (Å²) in [6.07, 6.45) is 3.75. The Kier molecular flexibility index (Phi) is 3.56. The van der Waals surface area contributed by atoms with Crippen molar-refractivity contribution in [3.05, 3.63) is 15.4 Å². The maximum absolute atomic E-state index is 10.5. The van der Waals surface area contributed by atoms with Crippen LogP contribution in [0.15, 0.2) is 0 Å². The first-order chi connectivity index (χ1) is 7.72. The van der Waals surface area contributed by atoms with Crippen LogP contribution < -0.4 is 4.80 Å². The quantitative estimate of drug-likeness (QED) is 0.805. The van der Waals surface area contributed by atoms with Crippen LogP contribution in [0.4, 0.5) is 0 Å². The molecule has 16 heavy (non-hydrogen) atoms. The summed E-state index contributed by atoms with van der Waals surface area (Å²) in [6.45, 7) is 3.56. The molecule has 1 aliphatic rings. The molecule has 0 aromatic carbocycles. The lowest BCUT2D eigenvalue weighted by Gasteiger charge is -2.12. The fraction of sp³-hybridized carbons (Fsp3) is 0.636. The molecule has 0 spiro atoms. The Morgan fingerprint density at radius 1 is 1.69 bits per heavy atom. The summed E-state index contributed by atoms with van der Waals surface area (Å²) in [5.74, 6) is 0. The van der Waals surface area contributed by atoms with Crippen molar-refractivity contribution in [3.63, 3.8) is 0 Å². The van der Waals surface area contributed by atoms with Gasteiger partial charge in [-0.15, -0.1) is 11.3 Å². The third-order valence-electron chi connectivity index (χ3n) is 2.95. The lowest BCUT2D eigenvalue weighted by Crippen LogP contribution is -2.23. The van der Waals surface area contributed by atoms with Crippen molar-refractivity contribution < 1.29 is 9.53 Å². The lowest BCUT2D eigenvalue weighted by atomic mass is 10.2. The number of nitrogens with zero attached hydrogens (tertiary/aromatic N) is 1. The van der Waals surface area contributed by atoms with Gasteiger partial charge in [0.15, 0.2) is 4.80 Å². The number of nitrogens with one attached hydrogen (secondary N) is 1. The Hall–Kier alpha value is -0.940. The predicted octanol–water partition coefficient (Wildman–Crippen LogP) is 1.26. The van der Waals surface area contributed by atoms with Crippen LogP contribution in [0.1, 0.15) is 23.4 Å². The van der Waals surface area contributed by atoms with Gasteiger partial charge < -0.3 is 14.1 Å². The first kappa shape index (κ1) is 11.5. The first-order valence-electron chi connectivity index (χ1n) is 5.51. The highest BCUT2D eigenvalue weighted by molar-refractivity contribution is 7.09. The molecule has 0 bridgehead atoms. The molecular weight excluding hydrogens is 224 g/mol. The molecule has 88 valence electrons. The molecule has 0 saturated carbocycles. The molecule has 2 heterocycles. The van der Waals surface area contributed by atoms with Gasteiger partial charge in [-0.2, -0.15) is 0 Å². The average molecular weight is 240 g/mol. The van der Waals surface area contributed by atoms with Gasteiger partial charge in [0.25, 0.3) is 0 Å². The molecule has 0 amide bonds. The fourth-order valence-electron chi connectivity index (χ4n) is 2.03. The normalized spacial score (nSPS) is 20.2. The minimum absolute atomic E-state index is 0.242. The van der Waals surface area contributed by atoms with Crippen molar-refractivity contribution in [2.75, 3.05) is 6.61 Å². The largest absolute Gasteiger partial charge is 0.376 e. The molecule has 0 radical (unpaired) electrons. The molecule has 1 saturated heterocycles. The van der Waals surface area contributed by atoms with Gasteiger partial charge in [0.1, 0.15) is 6.29 Å². The van der Waals surface area contributed by atoms with E-state index in [1.165, 1.54) is 11.3 Å². The zero-order chi connectivity index (χ0) is 11.5. The van der Waals surface area contributed by atoms with Crippen molar-refractivity contribution in [2.45, 2.75) is 38.8 Å². The van der Waals surface area contributed by atoms with Gasteiger partial charge >= 0.3 is 0 Å². The molecule has 1 unspecified atom stereocenters.